The monoisotopic (exact) mass is 396 g/mol. The smallest absolute Gasteiger partial charge is 0.343 e. The average Bonchev–Trinajstić information content (AvgIpc) is 3.03. The van der Waals surface area contributed by atoms with Crippen molar-refractivity contribution in [1.29, 1.82) is 0 Å². The van der Waals surface area contributed by atoms with Crippen LogP contribution in [0, 0.1) is 0 Å². The molecular formula is C22H28N4O3. The zero-order valence-electron chi connectivity index (χ0n) is 17.3. The summed E-state index contributed by atoms with van der Waals surface area (Å²) < 4.78 is 1.49. The Hall–Kier alpha value is -3.06. The third-order valence-electron chi connectivity index (χ3n) is 5.12. The van der Waals surface area contributed by atoms with Crippen LogP contribution in [0.15, 0.2) is 41.2 Å². The van der Waals surface area contributed by atoms with E-state index in [2.05, 4.69) is 41.2 Å². The van der Waals surface area contributed by atoms with Gasteiger partial charge in [-0.05, 0) is 42.3 Å². The fourth-order valence-electron chi connectivity index (χ4n) is 3.26. The van der Waals surface area contributed by atoms with Gasteiger partial charge in [-0.3, -0.25) is 4.57 Å². The minimum Gasteiger partial charge on any atom is -0.508 e. The van der Waals surface area contributed by atoms with Crippen molar-refractivity contribution in [2.45, 2.75) is 39.8 Å². The number of aromatic hydroxyl groups is 2. The van der Waals surface area contributed by atoms with Gasteiger partial charge in [0.05, 0.1) is 12.1 Å². The minimum absolute atomic E-state index is 0.0262. The molecule has 0 saturated heterocycles. The Kier molecular flexibility index (Phi) is 6.08. The molecule has 154 valence electrons. The highest BCUT2D eigenvalue weighted by Gasteiger charge is 2.18. The summed E-state index contributed by atoms with van der Waals surface area (Å²) in [5.74, 6) is 0.301. The van der Waals surface area contributed by atoms with Gasteiger partial charge in [-0.15, -0.1) is 0 Å². The van der Waals surface area contributed by atoms with Crippen LogP contribution in [-0.2, 0) is 13.1 Å². The van der Waals surface area contributed by atoms with Gasteiger partial charge in [0.2, 0.25) is 0 Å². The molecule has 0 saturated carbocycles. The number of rotatable bonds is 7. The van der Waals surface area contributed by atoms with E-state index < -0.39 is 0 Å². The number of nitrogens with zero attached hydrogens (tertiary/aromatic N) is 3. The van der Waals surface area contributed by atoms with E-state index in [1.807, 2.05) is 26.0 Å². The summed E-state index contributed by atoms with van der Waals surface area (Å²) in [5, 5.41) is 27.0. The Morgan fingerprint density at radius 1 is 1.10 bits per heavy atom. The van der Waals surface area contributed by atoms with Crippen molar-refractivity contribution in [3.05, 3.63) is 63.6 Å². The molecule has 0 fully saturated rings. The number of nitrogens with one attached hydrogen (secondary N) is 1. The molecule has 0 atom stereocenters. The zero-order valence-corrected chi connectivity index (χ0v) is 17.3. The van der Waals surface area contributed by atoms with Crippen molar-refractivity contribution in [3.63, 3.8) is 0 Å². The Morgan fingerprint density at radius 2 is 1.76 bits per heavy atom. The van der Waals surface area contributed by atoms with E-state index in [-0.39, 0.29) is 23.1 Å². The van der Waals surface area contributed by atoms with Crippen LogP contribution < -0.4 is 5.69 Å². The molecule has 0 aliphatic carbocycles. The summed E-state index contributed by atoms with van der Waals surface area (Å²) in [5.41, 5.74) is 2.90. The van der Waals surface area contributed by atoms with Crippen LogP contribution in [0.1, 0.15) is 43.4 Å². The van der Waals surface area contributed by atoms with Crippen LogP contribution in [0.25, 0.3) is 11.4 Å². The molecule has 3 rings (SSSR count). The lowest BCUT2D eigenvalue weighted by molar-refractivity contribution is 0.346. The molecule has 0 spiro atoms. The van der Waals surface area contributed by atoms with Gasteiger partial charge in [-0.25, -0.2) is 9.89 Å². The van der Waals surface area contributed by atoms with Gasteiger partial charge < -0.3 is 15.1 Å². The summed E-state index contributed by atoms with van der Waals surface area (Å²) in [7, 11) is 2.07. The average molecular weight is 396 g/mol. The maximum atomic E-state index is 12.4. The molecular weight excluding hydrogens is 368 g/mol. The van der Waals surface area contributed by atoms with E-state index in [0.29, 0.717) is 23.5 Å². The largest absolute Gasteiger partial charge is 0.508 e. The van der Waals surface area contributed by atoms with E-state index in [0.717, 1.165) is 18.7 Å². The number of benzene rings is 2. The second-order valence-corrected chi connectivity index (χ2v) is 7.67. The van der Waals surface area contributed by atoms with Gasteiger partial charge in [0, 0.05) is 12.6 Å². The molecule has 3 aromatic rings. The van der Waals surface area contributed by atoms with Crippen molar-refractivity contribution in [3.8, 4) is 22.9 Å². The number of hydrogen-bond donors (Lipinski definition) is 3. The summed E-state index contributed by atoms with van der Waals surface area (Å²) in [4.78, 5) is 14.6. The number of H-pyrrole nitrogens is 1. The van der Waals surface area contributed by atoms with E-state index in [1.165, 1.54) is 16.2 Å². The molecule has 0 unspecified atom stereocenters. The summed E-state index contributed by atoms with van der Waals surface area (Å²) >= 11 is 0. The Morgan fingerprint density at radius 3 is 2.38 bits per heavy atom. The van der Waals surface area contributed by atoms with Gasteiger partial charge in [0.1, 0.15) is 11.5 Å². The van der Waals surface area contributed by atoms with Gasteiger partial charge >= 0.3 is 5.69 Å². The molecule has 0 bridgehead atoms. The van der Waals surface area contributed by atoms with Crippen molar-refractivity contribution in [1.82, 2.24) is 19.7 Å². The van der Waals surface area contributed by atoms with Crippen molar-refractivity contribution >= 4 is 0 Å². The zero-order chi connectivity index (χ0) is 21.1. The first-order chi connectivity index (χ1) is 13.8. The van der Waals surface area contributed by atoms with Crippen LogP contribution in [0.5, 0.6) is 11.5 Å². The predicted molar refractivity (Wildman–Crippen MR) is 113 cm³/mol. The molecule has 2 aromatic carbocycles. The lowest BCUT2D eigenvalue weighted by Gasteiger charge is -2.14. The lowest BCUT2D eigenvalue weighted by atomic mass is 9.98. The maximum absolute atomic E-state index is 12.4. The Labute approximate surface area is 170 Å². The number of aromatic nitrogens is 3. The molecule has 0 amide bonds. The molecule has 0 aliphatic rings. The summed E-state index contributed by atoms with van der Waals surface area (Å²) in [6.45, 7) is 8.18. The van der Waals surface area contributed by atoms with E-state index in [4.69, 9.17) is 0 Å². The molecule has 1 heterocycles. The molecule has 0 radical (unpaired) electrons. The highest BCUT2D eigenvalue weighted by atomic mass is 16.3. The van der Waals surface area contributed by atoms with Crippen LogP contribution in [0.2, 0.25) is 0 Å². The first kappa shape index (κ1) is 20.7. The van der Waals surface area contributed by atoms with Gasteiger partial charge in [-0.2, -0.15) is 5.10 Å². The Bertz CT molecular complexity index is 1040. The molecule has 7 nitrogen and oxygen atoms in total. The quantitative estimate of drug-likeness (QED) is 0.570. The van der Waals surface area contributed by atoms with E-state index in [1.54, 1.807) is 6.07 Å². The third kappa shape index (κ3) is 4.51. The topological polar surface area (TPSA) is 94.4 Å². The number of hydrogen-bond acceptors (Lipinski definition) is 5. The van der Waals surface area contributed by atoms with Crippen LogP contribution in [-0.4, -0.2) is 43.5 Å². The molecule has 0 aliphatic heterocycles. The maximum Gasteiger partial charge on any atom is 0.343 e. The molecule has 1 aromatic heterocycles. The third-order valence-corrected chi connectivity index (χ3v) is 5.12. The number of phenolic OH excluding ortho intramolecular Hbond substituents is 2. The van der Waals surface area contributed by atoms with Crippen LogP contribution in [0.4, 0.5) is 0 Å². The normalized spacial score (nSPS) is 11.5. The Balaban J connectivity index is 1.93. The summed E-state index contributed by atoms with van der Waals surface area (Å²) in [6, 6.07) is 11.1. The fourth-order valence-corrected chi connectivity index (χ4v) is 3.26. The van der Waals surface area contributed by atoms with Crippen molar-refractivity contribution in [2.24, 2.45) is 0 Å². The van der Waals surface area contributed by atoms with E-state index in [9.17, 15) is 15.0 Å². The SMILES string of the molecule is CCN(C)Cc1ccc(Cn2c(-c3cc(C(C)C)c(O)cc3O)n[nH]c2=O)cc1. The second-order valence-electron chi connectivity index (χ2n) is 7.67. The number of phenols is 2. The first-order valence-electron chi connectivity index (χ1n) is 9.78. The second kappa shape index (κ2) is 8.53. The molecule has 29 heavy (non-hydrogen) atoms. The minimum atomic E-state index is -0.353. The van der Waals surface area contributed by atoms with E-state index >= 15 is 0 Å². The standard InChI is InChI=1S/C22H28N4O3/c1-5-25(4)12-15-6-8-16(9-7-15)13-26-21(23-24-22(26)29)18-10-17(14(2)3)19(27)11-20(18)28/h6-11,14,27-28H,5,12-13H2,1-4H3,(H,24,29). The summed E-state index contributed by atoms with van der Waals surface area (Å²) in [6.07, 6.45) is 0. The first-order valence-corrected chi connectivity index (χ1v) is 9.78. The van der Waals surface area contributed by atoms with Crippen LogP contribution in [0.3, 0.4) is 0 Å². The molecule has 7 heteroatoms. The lowest BCUT2D eigenvalue weighted by Crippen LogP contribution is -2.19. The van der Waals surface area contributed by atoms with Crippen molar-refractivity contribution < 1.29 is 10.2 Å². The number of aromatic amines is 1. The van der Waals surface area contributed by atoms with Crippen molar-refractivity contribution in [2.75, 3.05) is 13.6 Å². The van der Waals surface area contributed by atoms with Gasteiger partial charge in [-0.1, -0.05) is 45.0 Å². The van der Waals surface area contributed by atoms with Crippen LogP contribution >= 0.6 is 0 Å². The predicted octanol–water partition coefficient (Wildman–Crippen LogP) is 3.27. The highest BCUT2D eigenvalue weighted by molar-refractivity contribution is 5.67. The van der Waals surface area contributed by atoms with Gasteiger partial charge in [0.15, 0.2) is 5.82 Å². The van der Waals surface area contributed by atoms with Gasteiger partial charge in [0.25, 0.3) is 0 Å². The molecule has 3 N–H and O–H groups in total. The highest BCUT2D eigenvalue weighted by Crippen LogP contribution is 2.36. The fraction of sp³-hybridized carbons (Fsp3) is 0.364.